The Morgan fingerprint density at radius 1 is 1.10 bits per heavy atom. The van der Waals surface area contributed by atoms with Crippen molar-refractivity contribution in [2.24, 2.45) is 0 Å². The van der Waals surface area contributed by atoms with Crippen molar-refractivity contribution in [3.8, 4) is 0 Å². The number of urea groups is 1. The Labute approximate surface area is 189 Å². The van der Waals surface area contributed by atoms with Gasteiger partial charge in [0.15, 0.2) is 0 Å². The number of carbonyl (C=O) groups excluding carboxylic acids is 3. The van der Waals surface area contributed by atoms with Crippen LogP contribution in [-0.2, 0) is 15.1 Å². The summed E-state index contributed by atoms with van der Waals surface area (Å²) in [5.74, 6) is -0.876. The van der Waals surface area contributed by atoms with Gasteiger partial charge in [0.1, 0.15) is 12.1 Å². The number of anilines is 2. The minimum absolute atomic E-state index is 0.345. The predicted octanol–water partition coefficient (Wildman–Crippen LogP) is 3.85. The van der Waals surface area contributed by atoms with Crippen molar-refractivity contribution in [3.63, 3.8) is 0 Å². The molecule has 0 unspecified atom stereocenters. The lowest BCUT2D eigenvalue weighted by atomic mass is 9.92. The van der Waals surface area contributed by atoms with Crippen molar-refractivity contribution in [3.05, 3.63) is 58.6 Å². The minimum Gasteiger partial charge on any atom is -0.372 e. The molecule has 1 atom stereocenters. The smallest absolute Gasteiger partial charge is 0.325 e. The monoisotopic (exact) mass is 484 g/mol. The van der Waals surface area contributed by atoms with Crippen molar-refractivity contribution in [1.82, 2.24) is 10.2 Å². The molecule has 2 aromatic rings. The summed E-state index contributed by atoms with van der Waals surface area (Å²) in [7, 11) is 0. The van der Waals surface area contributed by atoms with E-state index in [0.29, 0.717) is 11.3 Å². The van der Waals surface area contributed by atoms with Gasteiger partial charge in [0, 0.05) is 28.9 Å². The summed E-state index contributed by atoms with van der Waals surface area (Å²) in [6.45, 7) is 3.40. The first-order valence-electron chi connectivity index (χ1n) is 10.4. The fraction of sp³-hybridized carbons (Fsp3) is 0.348. The van der Waals surface area contributed by atoms with Gasteiger partial charge in [-0.15, -0.1) is 0 Å². The molecule has 8 heteroatoms. The summed E-state index contributed by atoms with van der Waals surface area (Å²) >= 11 is 3.39. The summed E-state index contributed by atoms with van der Waals surface area (Å²) in [6, 6.07) is 14.3. The zero-order valence-electron chi connectivity index (χ0n) is 17.4. The number of amides is 4. The highest BCUT2D eigenvalue weighted by atomic mass is 79.9. The highest BCUT2D eigenvalue weighted by Crippen LogP contribution is 2.30. The molecule has 31 heavy (non-hydrogen) atoms. The van der Waals surface area contributed by atoms with Crippen molar-refractivity contribution < 1.29 is 14.4 Å². The number of halogens is 1. The van der Waals surface area contributed by atoms with Gasteiger partial charge in [0.2, 0.25) is 5.91 Å². The van der Waals surface area contributed by atoms with Crippen LogP contribution in [0, 0.1) is 0 Å². The summed E-state index contributed by atoms with van der Waals surface area (Å²) in [6.07, 6.45) is 3.67. The summed E-state index contributed by atoms with van der Waals surface area (Å²) in [4.78, 5) is 41.3. The number of nitrogens with one attached hydrogen (secondary N) is 2. The Morgan fingerprint density at radius 3 is 2.48 bits per heavy atom. The van der Waals surface area contributed by atoms with Gasteiger partial charge in [-0.25, -0.2) is 4.79 Å². The average molecular weight is 485 g/mol. The summed E-state index contributed by atoms with van der Waals surface area (Å²) in [5.41, 5.74) is 1.21. The molecule has 0 aliphatic carbocycles. The van der Waals surface area contributed by atoms with Gasteiger partial charge >= 0.3 is 6.03 Å². The second-order valence-electron chi connectivity index (χ2n) is 8.10. The minimum atomic E-state index is -1.21. The van der Waals surface area contributed by atoms with Crippen LogP contribution in [0.4, 0.5) is 16.2 Å². The number of carbonyl (C=O) groups is 3. The van der Waals surface area contributed by atoms with E-state index in [-0.39, 0.29) is 6.54 Å². The quantitative estimate of drug-likeness (QED) is 0.631. The first-order valence-corrected chi connectivity index (χ1v) is 11.2. The molecule has 2 saturated heterocycles. The van der Waals surface area contributed by atoms with Crippen molar-refractivity contribution in [2.45, 2.75) is 31.7 Å². The van der Waals surface area contributed by atoms with Crippen molar-refractivity contribution in [2.75, 3.05) is 29.9 Å². The molecule has 2 heterocycles. The molecule has 4 rings (SSSR count). The van der Waals surface area contributed by atoms with E-state index < -0.39 is 23.4 Å². The fourth-order valence-electron chi connectivity index (χ4n) is 4.09. The lowest BCUT2D eigenvalue weighted by molar-refractivity contribution is -0.133. The molecule has 2 aliphatic heterocycles. The number of hydrogen-bond donors (Lipinski definition) is 2. The number of nitrogens with zero attached hydrogens (tertiary/aromatic N) is 2. The fourth-order valence-corrected chi connectivity index (χ4v) is 4.49. The molecule has 162 valence electrons. The summed E-state index contributed by atoms with van der Waals surface area (Å²) < 4.78 is 0.803. The Morgan fingerprint density at radius 2 is 1.81 bits per heavy atom. The van der Waals surface area contributed by atoms with Crippen molar-refractivity contribution in [1.29, 1.82) is 0 Å². The largest absolute Gasteiger partial charge is 0.372 e. The third-order valence-corrected chi connectivity index (χ3v) is 6.34. The highest BCUT2D eigenvalue weighted by molar-refractivity contribution is 9.10. The van der Waals surface area contributed by atoms with Crippen LogP contribution in [0.1, 0.15) is 31.7 Å². The van der Waals surface area contributed by atoms with Gasteiger partial charge in [-0.05, 0) is 68.1 Å². The van der Waals surface area contributed by atoms with Gasteiger partial charge < -0.3 is 15.5 Å². The SMILES string of the molecule is C[C@@]1(c2cccc(Br)c2)NC(=O)N(CC(=O)Nc2ccc(N3CCCCC3)cc2)C1=O. The number of piperidine rings is 1. The maximum atomic E-state index is 13.0. The standard InChI is InChI=1S/C23H25BrN4O3/c1-23(16-6-5-7-17(24)14-16)21(30)28(22(31)26-23)15-20(29)25-18-8-10-19(11-9-18)27-12-3-2-4-13-27/h5-11,14H,2-4,12-13,15H2,1H3,(H,25,29)(H,26,31)/t23-/m0/s1. The lowest BCUT2D eigenvalue weighted by Gasteiger charge is -2.28. The van der Waals surface area contributed by atoms with Gasteiger partial charge in [-0.2, -0.15) is 0 Å². The third kappa shape index (κ3) is 4.44. The Kier molecular flexibility index (Phi) is 6.00. The van der Waals surface area contributed by atoms with Crippen LogP contribution in [0.3, 0.4) is 0 Å². The van der Waals surface area contributed by atoms with E-state index in [1.165, 1.54) is 19.3 Å². The van der Waals surface area contributed by atoms with Crippen LogP contribution in [-0.4, -0.2) is 42.4 Å². The zero-order valence-corrected chi connectivity index (χ0v) is 18.9. The molecular formula is C23H25BrN4O3. The van der Waals surface area contributed by atoms with E-state index >= 15 is 0 Å². The molecule has 2 N–H and O–H groups in total. The van der Waals surface area contributed by atoms with Gasteiger partial charge in [-0.1, -0.05) is 28.1 Å². The topological polar surface area (TPSA) is 81.8 Å². The molecule has 2 aromatic carbocycles. The second-order valence-corrected chi connectivity index (χ2v) is 9.02. The first kappa shape index (κ1) is 21.4. The number of rotatable bonds is 5. The second kappa shape index (κ2) is 8.70. The number of imide groups is 1. The summed E-state index contributed by atoms with van der Waals surface area (Å²) in [5, 5.41) is 5.50. The Hall–Kier alpha value is -2.87. The molecule has 0 bridgehead atoms. The van der Waals surface area contributed by atoms with Crippen LogP contribution >= 0.6 is 15.9 Å². The van der Waals surface area contributed by atoms with E-state index in [1.54, 1.807) is 25.1 Å². The third-order valence-electron chi connectivity index (χ3n) is 5.85. The van der Waals surface area contributed by atoms with E-state index in [1.807, 2.05) is 30.3 Å². The molecule has 0 spiro atoms. The van der Waals surface area contributed by atoms with Crippen molar-refractivity contribution >= 4 is 45.2 Å². The van der Waals surface area contributed by atoms with E-state index in [0.717, 1.165) is 28.1 Å². The molecule has 2 fully saturated rings. The maximum Gasteiger partial charge on any atom is 0.325 e. The number of benzene rings is 2. The molecule has 0 radical (unpaired) electrons. The van der Waals surface area contributed by atoms with Crippen LogP contribution < -0.4 is 15.5 Å². The lowest BCUT2D eigenvalue weighted by Crippen LogP contribution is -2.42. The highest BCUT2D eigenvalue weighted by Gasteiger charge is 2.49. The zero-order chi connectivity index (χ0) is 22.0. The molecule has 0 saturated carbocycles. The maximum absolute atomic E-state index is 13.0. The van der Waals surface area contributed by atoms with Crippen LogP contribution in [0.25, 0.3) is 0 Å². The van der Waals surface area contributed by atoms with Crippen LogP contribution in [0.5, 0.6) is 0 Å². The Bertz CT molecular complexity index is 1000. The van der Waals surface area contributed by atoms with E-state index in [2.05, 4.69) is 31.5 Å². The van der Waals surface area contributed by atoms with Gasteiger partial charge in [-0.3, -0.25) is 14.5 Å². The molecule has 4 amide bonds. The first-order chi connectivity index (χ1) is 14.9. The molecule has 2 aliphatic rings. The number of hydrogen-bond acceptors (Lipinski definition) is 4. The van der Waals surface area contributed by atoms with Crippen LogP contribution in [0.2, 0.25) is 0 Å². The van der Waals surface area contributed by atoms with Gasteiger partial charge in [0.05, 0.1) is 0 Å². The van der Waals surface area contributed by atoms with E-state index in [4.69, 9.17) is 0 Å². The normalized spacial score (nSPS) is 21.2. The molecular weight excluding hydrogens is 460 g/mol. The predicted molar refractivity (Wildman–Crippen MR) is 123 cm³/mol. The van der Waals surface area contributed by atoms with Gasteiger partial charge in [0.25, 0.3) is 5.91 Å². The molecule has 7 nitrogen and oxygen atoms in total. The molecule has 0 aromatic heterocycles. The van der Waals surface area contributed by atoms with E-state index in [9.17, 15) is 14.4 Å². The Balaban J connectivity index is 1.40. The van der Waals surface area contributed by atoms with Crippen LogP contribution in [0.15, 0.2) is 53.0 Å². The average Bonchev–Trinajstić information content (AvgIpc) is 2.99.